The molecule has 4 heteroatoms. The van der Waals surface area contributed by atoms with E-state index in [-0.39, 0.29) is 5.91 Å². The molecule has 0 spiro atoms. The van der Waals surface area contributed by atoms with Crippen LogP contribution in [-0.4, -0.2) is 19.6 Å². The van der Waals surface area contributed by atoms with Crippen LogP contribution in [-0.2, 0) is 0 Å². The number of amides is 1. The number of halogens is 1. The van der Waals surface area contributed by atoms with Crippen LogP contribution in [0.2, 0.25) is 0 Å². The minimum absolute atomic E-state index is 0.0368. The molecule has 100 valence electrons. The van der Waals surface area contributed by atoms with Gasteiger partial charge < -0.3 is 10.1 Å². The number of ether oxygens (including phenoxy) is 1. The van der Waals surface area contributed by atoms with E-state index in [1.54, 1.807) is 25.3 Å². The zero-order chi connectivity index (χ0) is 13.5. The van der Waals surface area contributed by atoms with Crippen molar-refractivity contribution in [1.82, 2.24) is 5.32 Å². The molecule has 1 aromatic rings. The highest BCUT2D eigenvalue weighted by Gasteiger charge is 2.10. The van der Waals surface area contributed by atoms with Crippen molar-refractivity contribution in [3.8, 4) is 5.75 Å². The minimum atomic E-state index is -0.0368. The van der Waals surface area contributed by atoms with Crippen LogP contribution in [0.15, 0.2) is 22.7 Å². The van der Waals surface area contributed by atoms with Gasteiger partial charge in [-0.25, -0.2) is 0 Å². The number of carbonyl (C=O) groups is 1. The summed E-state index contributed by atoms with van der Waals surface area (Å²) in [6.45, 7) is 5.02. The highest BCUT2D eigenvalue weighted by molar-refractivity contribution is 9.10. The normalized spacial score (nSPS) is 10.5. The molecule has 0 heterocycles. The zero-order valence-electron chi connectivity index (χ0n) is 11.1. The molecule has 0 bridgehead atoms. The van der Waals surface area contributed by atoms with Gasteiger partial charge in [-0.15, -0.1) is 0 Å². The Labute approximate surface area is 117 Å². The maximum Gasteiger partial charge on any atom is 0.251 e. The number of carbonyl (C=O) groups excluding carboxylic acids is 1. The first-order valence-corrected chi connectivity index (χ1v) is 7.03. The first kappa shape index (κ1) is 15.0. The molecule has 0 radical (unpaired) electrons. The summed E-state index contributed by atoms with van der Waals surface area (Å²) >= 11 is 3.38. The Kier molecular flexibility index (Phi) is 6.19. The van der Waals surface area contributed by atoms with Crippen LogP contribution in [0.1, 0.15) is 37.0 Å². The lowest BCUT2D eigenvalue weighted by Crippen LogP contribution is -2.28. The number of hydrogen-bond acceptors (Lipinski definition) is 2. The lowest BCUT2D eigenvalue weighted by Gasteiger charge is -2.13. The minimum Gasteiger partial charge on any atom is -0.496 e. The van der Waals surface area contributed by atoms with Crippen LogP contribution in [0.3, 0.4) is 0 Å². The predicted molar refractivity (Wildman–Crippen MR) is 77.1 cm³/mol. The summed E-state index contributed by atoms with van der Waals surface area (Å²) in [4.78, 5) is 12.0. The summed E-state index contributed by atoms with van der Waals surface area (Å²) in [5.74, 6) is 1.24. The van der Waals surface area contributed by atoms with Gasteiger partial charge in [0.1, 0.15) is 5.75 Å². The average molecular weight is 314 g/mol. The molecule has 0 aromatic heterocycles. The summed E-state index contributed by atoms with van der Waals surface area (Å²) in [6.07, 6.45) is 2.17. The largest absolute Gasteiger partial charge is 0.496 e. The Morgan fingerprint density at radius 1 is 1.39 bits per heavy atom. The molecule has 1 amide bonds. The van der Waals surface area contributed by atoms with E-state index < -0.39 is 0 Å². The molecule has 0 aliphatic carbocycles. The predicted octanol–water partition coefficient (Wildman–Crippen LogP) is 3.62. The lowest BCUT2D eigenvalue weighted by molar-refractivity contribution is 0.0946. The van der Waals surface area contributed by atoms with Gasteiger partial charge in [0.05, 0.1) is 11.6 Å². The first-order valence-electron chi connectivity index (χ1n) is 6.24. The molecule has 0 fully saturated rings. The summed E-state index contributed by atoms with van der Waals surface area (Å²) in [5, 5.41) is 2.96. The second-order valence-corrected chi connectivity index (χ2v) is 5.10. The van der Waals surface area contributed by atoms with Gasteiger partial charge in [-0.1, -0.05) is 26.7 Å². The molecular formula is C14H20BrNO2. The highest BCUT2D eigenvalue weighted by atomic mass is 79.9. The molecule has 0 aliphatic heterocycles. The van der Waals surface area contributed by atoms with E-state index in [1.165, 1.54) is 0 Å². The molecule has 1 rings (SSSR count). The Balaban J connectivity index is 2.64. The van der Waals surface area contributed by atoms with Gasteiger partial charge >= 0.3 is 0 Å². The Bertz CT molecular complexity index is 403. The van der Waals surface area contributed by atoms with Crippen molar-refractivity contribution in [3.63, 3.8) is 0 Å². The molecular weight excluding hydrogens is 294 g/mol. The average Bonchev–Trinajstić information content (AvgIpc) is 2.39. The summed E-state index contributed by atoms with van der Waals surface area (Å²) < 4.78 is 5.93. The van der Waals surface area contributed by atoms with E-state index in [4.69, 9.17) is 4.74 Å². The highest BCUT2D eigenvalue weighted by Crippen LogP contribution is 2.25. The van der Waals surface area contributed by atoms with Crippen molar-refractivity contribution in [3.05, 3.63) is 28.2 Å². The number of methoxy groups -OCH3 is 1. The second kappa shape index (κ2) is 7.41. The maximum atomic E-state index is 12.0. The van der Waals surface area contributed by atoms with Crippen molar-refractivity contribution in [2.45, 2.75) is 26.7 Å². The van der Waals surface area contributed by atoms with Crippen molar-refractivity contribution in [1.29, 1.82) is 0 Å². The van der Waals surface area contributed by atoms with Crippen LogP contribution < -0.4 is 10.1 Å². The molecule has 0 saturated heterocycles. The molecule has 0 atom stereocenters. The Morgan fingerprint density at radius 2 is 2.06 bits per heavy atom. The molecule has 18 heavy (non-hydrogen) atoms. The van der Waals surface area contributed by atoms with E-state index in [2.05, 4.69) is 35.1 Å². The van der Waals surface area contributed by atoms with Gasteiger partial charge in [-0.2, -0.15) is 0 Å². The van der Waals surface area contributed by atoms with Crippen LogP contribution in [0.25, 0.3) is 0 Å². The molecule has 0 aliphatic rings. The number of benzene rings is 1. The molecule has 0 saturated carbocycles. The van der Waals surface area contributed by atoms with E-state index in [0.29, 0.717) is 11.5 Å². The van der Waals surface area contributed by atoms with Gasteiger partial charge in [0.2, 0.25) is 0 Å². The quantitative estimate of drug-likeness (QED) is 0.871. The smallest absolute Gasteiger partial charge is 0.251 e. The van der Waals surface area contributed by atoms with E-state index in [1.807, 2.05) is 0 Å². The SMILES string of the molecule is CCC(CC)CNC(=O)c1ccc(OC)c(Br)c1. The van der Waals surface area contributed by atoms with Crippen LogP contribution in [0.5, 0.6) is 5.75 Å². The first-order chi connectivity index (χ1) is 8.62. The van der Waals surface area contributed by atoms with Gasteiger partial charge in [0, 0.05) is 12.1 Å². The molecule has 0 unspecified atom stereocenters. The topological polar surface area (TPSA) is 38.3 Å². The van der Waals surface area contributed by atoms with Crippen molar-refractivity contribution in [2.24, 2.45) is 5.92 Å². The van der Waals surface area contributed by atoms with E-state index >= 15 is 0 Å². The Hall–Kier alpha value is -1.03. The number of nitrogens with one attached hydrogen (secondary N) is 1. The fourth-order valence-electron chi connectivity index (χ4n) is 1.72. The molecule has 1 N–H and O–H groups in total. The van der Waals surface area contributed by atoms with Crippen LogP contribution >= 0.6 is 15.9 Å². The number of hydrogen-bond donors (Lipinski definition) is 1. The zero-order valence-corrected chi connectivity index (χ0v) is 12.7. The summed E-state index contributed by atoms with van der Waals surface area (Å²) in [6, 6.07) is 5.34. The van der Waals surface area contributed by atoms with Crippen LogP contribution in [0.4, 0.5) is 0 Å². The Morgan fingerprint density at radius 3 is 2.56 bits per heavy atom. The standard InChI is InChI=1S/C14H20BrNO2/c1-4-10(5-2)9-16-14(17)11-6-7-13(18-3)12(15)8-11/h6-8,10H,4-5,9H2,1-3H3,(H,16,17). The van der Waals surface area contributed by atoms with Crippen molar-refractivity contribution < 1.29 is 9.53 Å². The van der Waals surface area contributed by atoms with Gasteiger partial charge in [0.15, 0.2) is 0 Å². The fourth-order valence-corrected chi connectivity index (χ4v) is 2.26. The van der Waals surface area contributed by atoms with Gasteiger partial charge in [0.25, 0.3) is 5.91 Å². The summed E-state index contributed by atoms with van der Waals surface area (Å²) in [5.41, 5.74) is 0.647. The van der Waals surface area contributed by atoms with Crippen molar-refractivity contribution >= 4 is 21.8 Å². The second-order valence-electron chi connectivity index (χ2n) is 4.24. The molecule has 3 nitrogen and oxygen atoms in total. The summed E-state index contributed by atoms with van der Waals surface area (Å²) in [7, 11) is 1.60. The third-order valence-electron chi connectivity index (χ3n) is 3.12. The third kappa shape index (κ3) is 4.02. The fraction of sp³-hybridized carbons (Fsp3) is 0.500. The van der Waals surface area contributed by atoms with Crippen molar-refractivity contribution in [2.75, 3.05) is 13.7 Å². The monoisotopic (exact) mass is 313 g/mol. The van der Waals surface area contributed by atoms with Gasteiger partial charge in [-0.3, -0.25) is 4.79 Å². The van der Waals surface area contributed by atoms with E-state index in [9.17, 15) is 4.79 Å². The maximum absolute atomic E-state index is 12.0. The number of rotatable bonds is 6. The van der Waals surface area contributed by atoms with Gasteiger partial charge in [-0.05, 0) is 40.0 Å². The lowest BCUT2D eigenvalue weighted by atomic mass is 10.0. The third-order valence-corrected chi connectivity index (χ3v) is 3.74. The molecule has 1 aromatic carbocycles. The van der Waals surface area contributed by atoms with Crippen LogP contribution in [0, 0.1) is 5.92 Å². The van der Waals surface area contributed by atoms with E-state index in [0.717, 1.165) is 29.6 Å².